The lowest BCUT2D eigenvalue weighted by atomic mass is 9.94. The Morgan fingerprint density at radius 3 is 2.92 bits per heavy atom. The van der Waals surface area contributed by atoms with Crippen LogP contribution in [-0.2, 0) is 4.74 Å². The van der Waals surface area contributed by atoms with E-state index in [0.29, 0.717) is 0 Å². The van der Waals surface area contributed by atoms with Gasteiger partial charge in [0.25, 0.3) is 0 Å². The van der Waals surface area contributed by atoms with Crippen molar-refractivity contribution in [1.29, 1.82) is 0 Å². The van der Waals surface area contributed by atoms with E-state index in [9.17, 15) is 0 Å². The Bertz CT molecular complexity index is 170. The molecule has 1 heteroatoms. The molecule has 0 amide bonds. The maximum atomic E-state index is 5.14. The van der Waals surface area contributed by atoms with Gasteiger partial charge in [-0.1, -0.05) is 24.3 Å². The predicted molar refractivity (Wildman–Crippen MR) is 52.1 cm³/mol. The highest BCUT2D eigenvalue weighted by Crippen LogP contribution is 2.19. The van der Waals surface area contributed by atoms with Gasteiger partial charge >= 0.3 is 0 Å². The van der Waals surface area contributed by atoms with Crippen LogP contribution in [0.25, 0.3) is 0 Å². The van der Waals surface area contributed by atoms with Crippen molar-refractivity contribution in [1.82, 2.24) is 0 Å². The Morgan fingerprint density at radius 2 is 2.33 bits per heavy atom. The van der Waals surface area contributed by atoms with Crippen molar-refractivity contribution in [2.45, 2.75) is 32.3 Å². The predicted octanol–water partition coefficient (Wildman–Crippen LogP) is 2.93. The van der Waals surface area contributed by atoms with E-state index >= 15 is 0 Å². The quantitative estimate of drug-likeness (QED) is 0.586. The van der Waals surface area contributed by atoms with Gasteiger partial charge in [0.1, 0.15) is 0 Å². The molecule has 0 heterocycles. The van der Waals surface area contributed by atoms with Crippen LogP contribution in [0.1, 0.15) is 26.2 Å². The van der Waals surface area contributed by atoms with Gasteiger partial charge in [0.2, 0.25) is 0 Å². The summed E-state index contributed by atoms with van der Waals surface area (Å²) >= 11 is 0. The summed E-state index contributed by atoms with van der Waals surface area (Å²) in [5.74, 6) is 0.743. The maximum Gasteiger partial charge on any atom is 0.0723 e. The van der Waals surface area contributed by atoms with E-state index in [-0.39, 0.29) is 6.10 Å². The Labute approximate surface area is 75.1 Å². The van der Waals surface area contributed by atoms with E-state index in [1.165, 1.54) is 19.3 Å². The minimum Gasteiger partial charge on any atom is -0.378 e. The number of ether oxygens (including phenoxy) is 1. The van der Waals surface area contributed by atoms with Gasteiger partial charge in [-0.2, -0.15) is 0 Å². The average molecular weight is 166 g/mol. The fourth-order valence-corrected chi connectivity index (χ4v) is 1.38. The fourth-order valence-electron chi connectivity index (χ4n) is 1.38. The Kier molecular flexibility index (Phi) is 4.09. The number of hydrogen-bond donors (Lipinski definition) is 0. The minimum absolute atomic E-state index is 0.260. The number of methoxy groups -OCH3 is 1. The third-order valence-corrected chi connectivity index (χ3v) is 2.34. The maximum absolute atomic E-state index is 5.14. The first-order valence-corrected chi connectivity index (χ1v) is 4.69. The van der Waals surface area contributed by atoms with Crippen molar-refractivity contribution in [3.8, 4) is 0 Å². The summed E-state index contributed by atoms with van der Waals surface area (Å²) in [4.78, 5) is 0. The third-order valence-electron chi connectivity index (χ3n) is 2.34. The molecule has 0 aromatic heterocycles. The van der Waals surface area contributed by atoms with Crippen LogP contribution in [0.15, 0.2) is 24.3 Å². The summed E-state index contributed by atoms with van der Waals surface area (Å²) in [6.45, 7) is 2.06. The van der Waals surface area contributed by atoms with E-state index in [0.717, 1.165) is 5.92 Å². The molecule has 1 aliphatic rings. The first-order chi connectivity index (χ1) is 5.83. The standard InChI is InChI=1S/C11H18O/c1-10(12-2)8-9-11-6-4-3-5-7-11/h3-4,8-11H,5-7H2,1-2H3/t10-,11?/m1/s1. The summed E-state index contributed by atoms with van der Waals surface area (Å²) in [7, 11) is 1.75. The van der Waals surface area contributed by atoms with E-state index in [2.05, 4.69) is 31.2 Å². The van der Waals surface area contributed by atoms with E-state index in [1.807, 2.05) is 0 Å². The Balaban J connectivity index is 2.29. The first kappa shape index (κ1) is 9.53. The Hall–Kier alpha value is -0.560. The fraction of sp³-hybridized carbons (Fsp3) is 0.636. The lowest BCUT2D eigenvalue weighted by molar-refractivity contribution is 0.155. The summed E-state index contributed by atoms with van der Waals surface area (Å²) in [6, 6.07) is 0. The minimum atomic E-state index is 0.260. The van der Waals surface area contributed by atoms with Gasteiger partial charge in [-0.05, 0) is 32.1 Å². The van der Waals surface area contributed by atoms with E-state index < -0.39 is 0 Å². The van der Waals surface area contributed by atoms with Crippen LogP contribution in [0.3, 0.4) is 0 Å². The van der Waals surface area contributed by atoms with E-state index in [4.69, 9.17) is 4.74 Å². The van der Waals surface area contributed by atoms with Gasteiger partial charge < -0.3 is 4.74 Å². The largest absolute Gasteiger partial charge is 0.378 e. The van der Waals surface area contributed by atoms with E-state index in [1.54, 1.807) is 7.11 Å². The second-order valence-corrected chi connectivity index (χ2v) is 3.37. The number of hydrogen-bond acceptors (Lipinski definition) is 1. The van der Waals surface area contributed by atoms with Crippen LogP contribution < -0.4 is 0 Å². The number of allylic oxidation sites excluding steroid dienone is 3. The monoisotopic (exact) mass is 166 g/mol. The normalized spacial score (nSPS) is 26.3. The summed E-state index contributed by atoms with van der Waals surface area (Å²) in [5, 5.41) is 0. The molecule has 0 saturated carbocycles. The molecule has 68 valence electrons. The van der Waals surface area contributed by atoms with Crippen LogP contribution in [0.4, 0.5) is 0 Å². The molecule has 0 saturated heterocycles. The molecular formula is C11H18O. The van der Waals surface area contributed by atoms with Gasteiger partial charge in [-0.3, -0.25) is 0 Å². The highest BCUT2D eigenvalue weighted by Gasteiger charge is 2.05. The molecule has 1 nitrogen and oxygen atoms in total. The van der Waals surface area contributed by atoms with Crippen molar-refractivity contribution in [2.24, 2.45) is 5.92 Å². The molecule has 1 aliphatic carbocycles. The highest BCUT2D eigenvalue weighted by atomic mass is 16.5. The summed E-state index contributed by atoms with van der Waals surface area (Å²) in [6.07, 6.45) is 13.0. The Morgan fingerprint density at radius 1 is 1.50 bits per heavy atom. The smallest absolute Gasteiger partial charge is 0.0723 e. The SMILES string of the molecule is CO[C@H](C)C=CC1CC=CCC1. The van der Waals surface area contributed by atoms with Gasteiger partial charge in [-0.25, -0.2) is 0 Å². The highest BCUT2D eigenvalue weighted by molar-refractivity contribution is 5.00. The molecule has 0 aromatic carbocycles. The van der Waals surface area contributed by atoms with Gasteiger partial charge in [0, 0.05) is 7.11 Å². The van der Waals surface area contributed by atoms with Crippen LogP contribution in [0.2, 0.25) is 0 Å². The summed E-state index contributed by atoms with van der Waals surface area (Å²) in [5.41, 5.74) is 0. The van der Waals surface area contributed by atoms with Crippen LogP contribution in [0.5, 0.6) is 0 Å². The second kappa shape index (κ2) is 5.15. The molecule has 2 atom stereocenters. The zero-order valence-electron chi connectivity index (χ0n) is 7.99. The van der Waals surface area contributed by atoms with Crippen molar-refractivity contribution in [3.63, 3.8) is 0 Å². The lowest BCUT2D eigenvalue weighted by Crippen LogP contribution is -2.03. The molecular weight excluding hydrogens is 148 g/mol. The summed E-state index contributed by atoms with van der Waals surface area (Å²) < 4.78 is 5.14. The molecule has 1 rings (SSSR count). The van der Waals surface area contributed by atoms with Crippen molar-refractivity contribution >= 4 is 0 Å². The molecule has 0 N–H and O–H groups in total. The second-order valence-electron chi connectivity index (χ2n) is 3.37. The zero-order valence-corrected chi connectivity index (χ0v) is 7.99. The van der Waals surface area contributed by atoms with Gasteiger partial charge in [0.15, 0.2) is 0 Å². The van der Waals surface area contributed by atoms with Gasteiger partial charge in [-0.15, -0.1) is 0 Å². The number of rotatable bonds is 3. The molecule has 1 unspecified atom stereocenters. The van der Waals surface area contributed by atoms with Crippen molar-refractivity contribution in [3.05, 3.63) is 24.3 Å². The van der Waals surface area contributed by atoms with Crippen molar-refractivity contribution < 1.29 is 4.74 Å². The lowest BCUT2D eigenvalue weighted by Gasteiger charge is -2.13. The van der Waals surface area contributed by atoms with Crippen LogP contribution in [0, 0.1) is 5.92 Å². The molecule has 0 bridgehead atoms. The molecule has 0 aliphatic heterocycles. The zero-order chi connectivity index (χ0) is 8.81. The molecule has 0 fully saturated rings. The van der Waals surface area contributed by atoms with Crippen molar-refractivity contribution in [2.75, 3.05) is 7.11 Å². The molecule has 0 aromatic rings. The third kappa shape index (κ3) is 3.22. The first-order valence-electron chi connectivity index (χ1n) is 4.69. The topological polar surface area (TPSA) is 9.23 Å². The van der Waals surface area contributed by atoms with Crippen LogP contribution in [-0.4, -0.2) is 13.2 Å². The van der Waals surface area contributed by atoms with Crippen LogP contribution >= 0.6 is 0 Å². The molecule has 0 radical (unpaired) electrons. The molecule has 0 spiro atoms. The molecule has 12 heavy (non-hydrogen) atoms. The average Bonchev–Trinajstić information content (AvgIpc) is 2.16. The van der Waals surface area contributed by atoms with Gasteiger partial charge in [0.05, 0.1) is 6.10 Å².